The van der Waals surface area contributed by atoms with Crippen LogP contribution in [0.4, 0.5) is 8.78 Å². The SMILES string of the molecule is CC(CCCOCC(F)F)(NC1CC1)C(=O)O. The van der Waals surface area contributed by atoms with Crippen molar-refractivity contribution in [1.82, 2.24) is 5.32 Å². The first-order valence-corrected chi connectivity index (χ1v) is 5.81. The van der Waals surface area contributed by atoms with Crippen LogP contribution >= 0.6 is 0 Å². The Morgan fingerprint density at radius 1 is 1.59 bits per heavy atom. The third-order valence-electron chi connectivity index (χ3n) is 2.78. The number of rotatable bonds is 9. The van der Waals surface area contributed by atoms with Crippen molar-refractivity contribution in [3.05, 3.63) is 0 Å². The highest BCUT2D eigenvalue weighted by atomic mass is 19.3. The lowest BCUT2D eigenvalue weighted by molar-refractivity contribution is -0.144. The van der Waals surface area contributed by atoms with Crippen LogP contribution in [-0.2, 0) is 9.53 Å². The Hall–Kier alpha value is -0.750. The minimum Gasteiger partial charge on any atom is -0.480 e. The Bertz CT molecular complexity index is 259. The van der Waals surface area contributed by atoms with Gasteiger partial charge in [0.1, 0.15) is 12.1 Å². The summed E-state index contributed by atoms with van der Waals surface area (Å²) in [6.45, 7) is 1.21. The van der Waals surface area contributed by atoms with Crippen LogP contribution in [0.3, 0.4) is 0 Å². The normalized spacial score (nSPS) is 19.3. The smallest absolute Gasteiger partial charge is 0.323 e. The second-order valence-corrected chi connectivity index (χ2v) is 4.63. The van der Waals surface area contributed by atoms with Crippen LogP contribution in [0, 0.1) is 0 Å². The van der Waals surface area contributed by atoms with Gasteiger partial charge in [0.2, 0.25) is 0 Å². The topological polar surface area (TPSA) is 58.6 Å². The van der Waals surface area contributed by atoms with E-state index in [2.05, 4.69) is 5.32 Å². The Balaban J connectivity index is 2.21. The zero-order valence-corrected chi connectivity index (χ0v) is 9.92. The molecule has 1 saturated carbocycles. The number of carbonyl (C=O) groups is 1. The van der Waals surface area contributed by atoms with E-state index in [0.717, 1.165) is 12.8 Å². The van der Waals surface area contributed by atoms with Gasteiger partial charge in [-0.3, -0.25) is 10.1 Å². The highest BCUT2D eigenvalue weighted by molar-refractivity contribution is 5.78. The van der Waals surface area contributed by atoms with Crippen molar-refractivity contribution in [2.45, 2.75) is 50.6 Å². The first-order chi connectivity index (χ1) is 7.94. The maximum atomic E-state index is 11.8. The number of halogens is 2. The van der Waals surface area contributed by atoms with E-state index in [9.17, 15) is 13.6 Å². The highest BCUT2D eigenvalue weighted by Gasteiger charge is 2.37. The molecule has 4 nitrogen and oxygen atoms in total. The fourth-order valence-electron chi connectivity index (χ4n) is 1.62. The molecule has 0 amide bonds. The molecule has 0 radical (unpaired) electrons. The average molecular weight is 251 g/mol. The second-order valence-electron chi connectivity index (χ2n) is 4.63. The van der Waals surface area contributed by atoms with E-state index in [0.29, 0.717) is 12.8 Å². The molecule has 0 bridgehead atoms. The molecule has 100 valence electrons. The van der Waals surface area contributed by atoms with Gasteiger partial charge in [-0.15, -0.1) is 0 Å². The van der Waals surface area contributed by atoms with Gasteiger partial charge in [0.15, 0.2) is 0 Å². The van der Waals surface area contributed by atoms with Crippen molar-refractivity contribution in [3.63, 3.8) is 0 Å². The number of alkyl halides is 2. The van der Waals surface area contributed by atoms with Crippen molar-refractivity contribution in [3.8, 4) is 0 Å². The van der Waals surface area contributed by atoms with Gasteiger partial charge in [-0.1, -0.05) is 0 Å². The van der Waals surface area contributed by atoms with Crippen LogP contribution in [0.2, 0.25) is 0 Å². The number of ether oxygens (including phenoxy) is 1. The molecule has 1 fully saturated rings. The van der Waals surface area contributed by atoms with Gasteiger partial charge < -0.3 is 9.84 Å². The molecule has 1 atom stereocenters. The monoisotopic (exact) mass is 251 g/mol. The molecular weight excluding hydrogens is 232 g/mol. The summed E-state index contributed by atoms with van der Waals surface area (Å²) >= 11 is 0. The van der Waals surface area contributed by atoms with E-state index < -0.39 is 24.5 Å². The van der Waals surface area contributed by atoms with Gasteiger partial charge in [0, 0.05) is 12.6 Å². The summed E-state index contributed by atoms with van der Waals surface area (Å²) < 4.78 is 28.3. The molecule has 0 aromatic heterocycles. The summed E-state index contributed by atoms with van der Waals surface area (Å²) in [7, 11) is 0. The Kier molecular flexibility index (Phi) is 5.27. The number of carboxylic acids is 1. The number of nitrogens with one attached hydrogen (secondary N) is 1. The lowest BCUT2D eigenvalue weighted by Gasteiger charge is -2.26. The molecular formula is C11H19F2NO3. The molecule has 0 heterocycles. The summed E-state index contributed by atoms with van der Waals surface area (Å²) in [5, 5.41) is 12.2. The van der Waals surface area contributed by atoms with Gasteiger partial charge in [-0.2, -0.15) is 0 Å². The molecule has 2 N–H and O–H groups in total. The van der Waals surface area contributed by atoms with E-state index in [1.807, 2.05) is 0 Å². The summed E-state index contributed by atoms with van der Waals surface area (Å²) in [5.41, 5.74) is -0.977. The highest BCUT2D eigenvalue weighted by Crippen LogP contribution is 2.25. The molecule has 0 saturated heterocycles. The predicted molar refractivity (Wildman–Crippen MR) is 58.3 cm³/mol. The maximum Gasteiger partial charge on any atom is 0.323 e. The first-order valence-electron chi connectivity index (χ1n) is 5.81. The lowest BCUT2D eigenvalue weighted by atomic mass is 9.96. The Labute approximate surface area is 99.3 Å². The first kappa shape index (κ1) is 14.3. The molecule has 0 aromatic rings. The lowest BCUT2D eigenvalue weighted by Crippen LogP contribution is -2.50. The Morgan fingerprint density at radius 2 is 2.24 bits per heavy atom. The maximum absolute atomic E-state index is 11.8. The summed E-state index contributed by atoms with van der Waals surface area (Å²) in [6.07, 6.45) is 0.373. The van der Waals surface area contributed by atoms with E-state index in [4.69, 9.17) is 9.84 Å². The fraction of sp³-hybridized carbons (Fsp3) is 0.909. The molecule has 1 rings (SSSR count). The molecule has 0 aromatic carbocycles. The van der Waals surface area contributed by atoms with Crippen LogP contribution in [0.5, 0.6) is 0 Å². The number of hydrogen-bond acceptors (Lipinski definition) is 3. The van der Waals surface area contributed by atoms with E-state index >= 15 is 0 Å². The van der Waals surface area contributed by atoms with Crippen LogP contribution in [0.1, 0.15) is 32.6 Å². The average Bonchev–Trinajstić information content (AvgIpc) is 3.00. The Morgan fingerprint density at radius 3 is 2.71 bits per heavy atom. The summed E-state index contributed by atoms with van der Waals surface area (Å²) in [4.78, 5) is 11.1. The van der Waals surface area contributed by atoms with Crippen LogP contribution < -0.4 is 5.32 Å². The number of hydrogen-bond donors (Lipinski definition) is 2. The molecule has 1 aliphatic rings. The van der Waals surface area contributed by atoms with Crippen LogP contribution in [-0.4, -0.2) is 42.3 Å². The fourth-order valence-corrected chi connectivity index (χ4v) is 1.62. The molecule has 6 heteroatoms. The summed E-state index contributed by atoms with van der Waals surface area (Å²) in [5.74, 6) is -0.904. The second kappa shape index (κ2) is 6.26. The van der Waals surface area contributed by atoms with Crippen LogP contribution in [0.15, 0.2) is 0 Å². The number of aliphatic carboxylic acids is 1. The minimum atomic E-state index is -2.47. The predicted octanol–water partition coefficient (Wildman–Crippen LogP) is 1.64. The third-order valence-corrected chi connectivity index (χ3v) is 2.78. The molecule has 1 aliphatic carbocycles. The van der Waals surface area contributed by atoms with E-state index in [-0.39, 0.29) is 12.6 Å². The van der Waals surface area contributed by atoms with Gasteiger partial charge in [-0.05, 0) is 32.6 Å². The zero-order chi connectivity index (χ0) is 12.9. The molecule has 17 heavy (non-hydrogen) atoms. The van der Waals surface area contributed by atoms with Crippen molar-refractivity contribution < 1.29 is 23.4 Å². The molecule has 0 spiro atoms. The molecule has 1 unspecified atom stereocenters. The largest absolute Gasteiger partial charge is 0.480 e. The third kappa shape index (κ3) is 5.41. The summed E-state index contributed by atoms with van der Waals surface area (Å²) in [6, 6.07) is 0.290. The zero-order valence-electron chi connectivity index (χ0n) is 9.92. The van der Waals surface area contributed by atoms with Crippen molar-refractivity contribution >= 4 is 5.97 Å². The van der Waals surface area contributed by atoms with E-state index in [1.54, 1.807) is 6.92 Å². The van der Waals surface area contributed by atoms with Crippen molar-refractivity contribution in [2.75, 3.05) is 13.2 Å². The van der Waals surface area contributed by atoms with Gasteiger partial charge in [0.05, 0.1) is 0 Å². The van der Waals surface area contributed by atoms with Gasteiger partial charge in [0.25, 0.3) is 6.43 Å². The van der Waals surface area contributed by atoms with Gasteiger partial charge in [-0.25, -0.2) is 8.78 Å². The van der Waals surface area contributed by atoms with E-state index in [1.165, 1.54) is 0 Å². The standard InChI is InChI=1S/C11H19F2NO3/c1-11(10(15)16,14-8-3-4-8)5-2-6-17-7-9(12)13/h8-9,14H,2-7H2,1H3,(H,15,16). The van der Waals surface area contributed by atoms with Crippen molar-refractivity contribution in [2.24, 2.45) is 0 Å². The number of carboxylic acid groups (broad SMARTS) is 1. The minimum absolute atomic E-state index is 0.166. The quantitative estimate of drug-likeness (QED) is 0.612. The van der Waals surface area contributed by atoms with Gasteiger partial charge >= 0.3 is 5.97 Å². The van der Waals surface area contributed by atoms with Crippen molar-refractivity contribution in [1.29, 1.82) is 0 Å². The van der Waals surface area contributed by atoms with Crippen LogP contribution in [0.25, 0.3) is 0 Å². The molecule has 0 aliphatic heterocycles.